The van der Waals surface area contributed by atoms with Gasteiger partial charge in [-0.05, 0) is 19.1 Å². The maximum atomic E-state index is 12.0. The lowest BCUT2D eigenvalue weighted by Crippen LogP contribution is -2.22. The lowest BCUT2D eigenvalue weighted by Gasteiger charge is -2.11. The molecule has 0 bridgehead atoms. The second-order valence-electron chi connectivity index (χ2n) is 5.15. The van der Waals surface area contributed by atoms with Crippen molar-refractivity contribution in [2.45, 2.75) is 6.92 Å². The van der Waals surface area contributed by atoms with Crippen LogP contribution in [0.5, 0.6) is 5.75 Å². The number of hydrogen-bond acceptors (Lipinski definition) is 6. The molecule has 128 valence electrons. The molecule has 0 aliphatic heterocycles. The summed E-state index contributed by atoms with van der Waals surface area (Å²) in [4.78, 5) is 41.5. The van der Waals surface area contributed by atoms with Crippen LogP contribution in [0.2, 0.25) is 0 Å². The fourth-order valence-electron chi connectivity index (χ4n) is 2.44. The molecule has 8 heteroatoms. The highest BCUT2D eigenvalue weighted by atomic mass is 16.5. The molecule has 0 saturated carbocycles. The Morgan fingerprint density at radius 3 is 2.84 bits per heavy atom. The molecule has 1 N–H and O–H groups in total. The lowest BCUT2D eigenvalue weighted by molar-refractivity contribution is 0.0517. The van der Waals surface area contributed by atoms with E-state index in [2.05, 4.69) is 9.97 Å². The Labute approximate surface area is 142 Å². The molecule has 0 amide bonds. The number of aromatic amines is 1. The van der Waals surface area contributed by atoms with Crippen molar-refractivity contribution in [2.75, 3.05) is 13.7 Å². The molecule has 0 spiro atoms. The van der Waals surface area contributed by atoms with Crippen LogP contribution in [0, 0.1) is 0 Å². The van der Waals surface area contributed by atoms with E-state index in [0.717, 1.165) is 6.29 Å². The number of hydrogen-bond donors (Lipinski definition) is 1. The molecule has 0 saturated heterocycles. The fraction of sp³-hybridized carbons (Fsp3) is 0.176. The smallest absolute Gasteiger partial charge is 0.362 e. The van der Waals surface area contributed by atoms with Gasteiger partial charge in [0.05, 0.1) is 30.4 Å². The summed E-state index contributed by atoms with van der Waals surface area (Å²) >= 11 is 0. The number of esters is 1. The number of benzene rings is 1. The maximum Gasteiger partial charge on any atom is 0.362 e. The first kappa shape index (κ1) is 16.4. The maximum absolute atomic E-state index is 12.0. The predicted octanol–water partition coefficient (Wildman–Crippen LogP) is 1.71. The van der Waals surface area contributed by atoms with Gasteiger partial charge in [0, 0.05) is 24.0 Å². The van der Waals surface area contributed by atoms with Crippen molar-refractivity contribution in [1.82, 2.24) is 14.5 Å². The molecular weight excluding hydrogens is 326 g/mol. The van der Waals surface area contributed by atoms with E-state index in [1.807, 2.05) is 0 Å². The van der Waals surface area contributed by atoms with Crippen LogP contribution in [0.15, 0.2) is 35.4 Å². The van der Waals surface area contributed by atoms with Crippen LogP contribution < -0.4 is 10.3 Å². The molecule has 1 aromatic carbocycles. The van der Waals surface area contributed by atoms with E-state index >= 15 is 0 Å². The molecule has 0 aliphatic rings. The Bertz CT molecular complexity index is 1020. The zero-order valence-electron chi connectivity index (χ0n) is 13.6. The van der Waals surface area contributed by atoms with Gasteiger partial charge in [-0.1, -0.05) is 0 Å². The highest BCUT2D eigenvalue weighted by Crippen LogP contribution is 2.27. The second kappa shape index (κ2) is 6.60. The van der Waals surface area contributed by atoms with E-state index in [4.69, 9.17) is 9.47 Å². The summed E-state index contributed by atoms with van der Waals surface area (Å²) in [6.07, 6.45) is 4.07. The van der Waals surface area contributed by atoms with E-state index in [1.54, 1.807) is 42.1 Å². The minimum atomic E-state index is -0.785. The van der Waals surface area contributed by atoms with Crippen LogP contribution in [0.4, 0.5) is 0 Å². The number of aromatic nitrogens is 3. The molecule has 2 aromatic heterocycles. The van der Waals surface area contributed by atoms with Crippen LogP contribution in [0.25, 0.3) is 16.7 Å². The monoisotopic (exact) mass is 341 g/mol. The molecule has 25 heavy (non-hydrogen) atoms. The van der Waals surface area contributed by atoms with Gasteiger partial charge in [-0.2, -0.15) is 0 Å². The number of fused-ring (bicyclic) bond motifs is 1. The summed E-state index contributed by atoms with van der Waals surface area (Å²) in [6, 6.07) is 4.91. The van der Waals surface area contributed by atoms with E-state index < -0.39 is 11.5 Å². The highest BCUT2D eigenvalue weighted by molar-refractivity contribution is 5.90. The van der Waals surface area contributed by atoms with Crippen molar-refractivity contribution in [3.05, 3.63) is 52.2 Å². The van der Waals surface area contributed by atoms with E-state index in [1.165, 1.54) is 7.11 Å². The van der Waals surface area contributed by atoms with Crippen LogP contribution in [-0.4, -0.2) is 40.5 Å². The topological polar surface area (TPSA) is 103 Å². The van der Waals surface area contributed by atoms with Gasteiger partial charge in [0.2, 0.25) is 5.69 Å². The van der Waals surface area contributed by atoms with Gasteiger partial charge in [0.15, 0.2) is 6.29 Å². The van der Waals surface area contributed by atoms with Gasteiger partial charge < -0.3 is 19.0 Å². The Morgan fingerprint density at radius 1 is 1.40 bits per heavy atom. The summed E-state index contributed by atoms with van der Waals surface area (Å²) in [5.41, 5.74) is 0.971. The van der Waals surface area contributed by atoms with E-state index in [-0.39, 0.29) is 12.3 Å². The van der Waals surface area contributed by atoms with E-state index in [0.29, 0.717) is 28.0 Å². The van der Waals surface area contributed by atoms with Gasteiger partial charge in [-0.3, -0.25) is 9.59 Å². The zero-order chi connectivity index (χ0) is 18.0. The van der Waals surface area contributed by atoms with Gasteiger partial charge >= 0.3 is 5.97 Å². The number of nitrogens with one attached hydrogen (secondary N) is 1. The Kier molecular flexibility index (Phi) is 4.34. The number of nitrogens with zero attached hydrogens (tertiary/aromatic N) is 2. The zero-order valence-corrected chi connectivity index (χ0v) is 13.6. The largest absolute Gasteiger partial charge is 0.494 e. The molecule has 3 rings (SSSR count). The van der Waals surface area contributed by atoms with Crippen molar-refractivity contribution >= 4 is 23.3 Å². The third-order valence-electron chi connectivity index (χ3n) is 3.59. The minimum absolute atomic E-state index is 0.143. The van der Waals surface area contributed by atoms with Crippen molar-refractivity contribution in [3.63, 3.8) is 0 Å². The number of H-pyrrole nitrogens is 1. The number of carbonyl (C=O) groups is 2. The third-order valence-corrected chi connectivity index (χ3v) is 3.59. The second-order valence-corrected chi connectivity index (χ2v) is 5.15. The van der Waals surface area contributed by atoms with Crippen molar-refractivity contribution in [3.8, 4) is 11.4 Å². The third kappa shape index (κ3) is 3.01. The lowest BCUT2D eigenvalue weighted by atomic mass is 10.2. The fourth-order valence-corrected chi connectivity index (χ4v) is 2.44. The molecule has 0 aliphatic carbocycles. The number of carbonyl (C=O) groups excluding carboxylic acids is 2. The normalized spacial score (nSPS) is 10.6. The standard InChI is InChI=1S/C17H15N3O5/c1-3-25-17(23)15-16(22)19-12-7-14(24-2)13(6-11(12)18-15)20-5-4-10(8-20)9-21/h4-9H,3H2,1-2H3,(H,19,22). The van der Waals surface area contributed by atoms with Gasteiger partial charge in [-0.25, -0.2) is 9.78 Å². The number of methoxy groups -OCH3 is 1. The summed E-state index contributed by atoms with van der Waals surface area (Å²) < 4.78 is 11.9. The Hall–Kier alpha value is -3.42. The summed E-state index contributed by atoms with van der Waals surface area (Å²) in [6.45, 7) is 1.79. The molecule has 0 radical (unpaired) electrons. The molecular formula is C17H15N3O5. The van der Waals surface area contributed by atoms with Gasteiger partial charge in [-0.15, -0.1) is 0 Å². The highest BCUT2D eigenvalue weighted by Gasteiger charge is 2.17. The molecule has 0 fully saturated rings. The van der Waals surface area contributed by atoms with Crippen LogP contribution in [0.3, 0.4) is 0 Å². The molecule has 0 unspecified atom stereocenters. The first-order valence-corrected chi connectivity index (χ1v) is 7.50. The number of aldehydes is 1. The van der Waals surface area contributed by atoms with Crippen molar-refractivity contribution in [1.29, 1.82) is 0 Å². The quantitative estimate of drug-likeness (QED) is 0.560. The molecule has 2 heterocycles. The van der Waals surface area contributed by atoms with Crippen LogP contribution >= 0.6 is 0 Å². The van der Waals surface area contributed by atoms with Gasteiger partial charge in [0.1, 0.15) is 5.75 Å². The first-order chi connectivity index (χ1) is 12.1. The molecule has 8 nitrogen and oxygen atoms in total. The molecule has 0 atom stereocenters. The van der Waals surface area contributed by atoms with Crippen LogP contribution in [0.1, 0.15) is 27.8 Å². The minimum Gasteiger partial charge on any atom is -0.494 e. The molecule has 3 aromatic rings. The predicted molar refractivity (Wildman–Crippen MR) is 89.6 cm³/mol. The average Bonchev–Trinajstić information content (AvgIpc) is 3.09. The van der Waals surface area contributed by atoms with E-state index in [9.17, 15) is 14.4 Å². The van der Waals surface area contributed by atoms with Crippen molar-refractivity contribution < 1.29 is 19.1 Å². The van der Waals surface area contributed by atoms with Crippen LogP contribution in [-0.2, 0) is 4.74 Å². The SMILES string of the molecule is CCOC(=O)c1nc2cc(-n3ccc(C=O)c3)c(OC)cc2[nH]c1=O. The summed E-state index contributed by atoms with van der Waals surface area (Å²) in [5, 5.41) is 0. The number of rotatable bonds is 5. The first-order valence-electron chi connectivity index (χ1n) is 7.50. The Balaban J connectivity index is 2.20. The average molecular weight is 341 g/mol. The Morgan fingerprint density at radius 2 is 2.20 bits per heavy atom. The summed E-state index contributed by atoms with van der Waals surface area (Å²) in [7, 11) is 1.49. The van der Waals surface area contributed by atoms with Gasteiger partial charge in [0.25, 0.3) is 5.56 Å². The number of ether oxygens (including phenoxy) is 2. The van der Waals surface area contributed by atoms with Crippen molar-refractivity contribution in [2.24, 2.45) is 0 Å². The summed E-state index contributed by atoms with van der Waals surface area (Å²) in [5.74, 6) is -0.311.